The van der Waals surface area contributed by atoms with Gasteiger partial charge in [0.25, 0.3) is 10.2 Å². The van der Waals surface area contributed by atoms with E-state index in [2.05, 4.69) is 17.1 Å². The van der Waals surface area contributed by atoms with Crippen molar-refractivity contribution in [1.29, 1.82) is 0 Å². The average molecular weight is 361 g/mol. The lowest BCUT2D eigenvalue weighted by Gasteiger charge is -2.32. The van der Waals surface area contributed by atoms with Crippen molar-refractivity contribution in [3.63, 3.8) is 0 Å². The minimum Gasteiger partial charge on any atom is -0.356 e. The van der Waals surface area contributed by atoms with Gasteiger partial charge >= 0.3 is 0 Å². The Kier molecular flexibility index (Phi) is 7.03. The molecule has 0 aromatic heterocycles. The van der Waals surface area contributed by atoms with Crippen molar-refractivity contribution in [2.45, 2.75) is 45.1 Å². The number of carbonyl (C=O) groups excluding carboxylic acids is 1. The first kappa shape index (κ1) is 19.6. The van der Waals surface area contributed by atoms with Gasteiger partial charge in [-0.3, -0.25) is 4.79 Å². The normalized spacial score (nSPS) is 22.8. The van der Waals surface area contributed by atoms with Gasteiger partial charge in [-0.1, -0.05) is 0 Å². The summed E-state index contributed by atoms with van der Waals surface area (Å²) < 4.78 is 26.9. The van der Waals surface area contributed by atoms with E-state index in [-0.39, 0.29) is 11.8 Å². The van der Waals surface area contributed by atoms with Crippen molar-refractivity contribution in [3.8, 4) is 0 Å². The maximum absolute atomic E-state index is 12.3. The Bertz CT molecular complexity index is 509. The van der Waals surface area contributed by atoms with E-state index < -0.39 is 10.2 Å². The highest BCUT2D eigenvalue weighted by molar-refractivity contribution is 7.86. The summed E-state index contributed by atoms with van der Waals surface area (Å²) >= 11 is 0. The van der Waals surface area contributed by atoms with Crippen LogP contribution in [0.5, 0.6) is 0 Å². The molecule has 0 saturated carbocycles. The standard InChI is InChI=1S/C16H32N4O3S/c1-14(19-10-4-5-11-19)6-9-17-16(21)15-7-12-20(13-8-15)24(22,23)18(2)3/h14-15H,4-13H2,1-3H3,(H,17,21)/t14-/m1/s1. The number of amides is 1. The van der Waals surface area contributed by atoms with Crippen LogP contribution in [-0.4, -0.2) is 80.7 Å². The van der Waals surface area contributed by atoms with E-state index in [1.54, 1.807) is 0 Å². The lowest BCUT2D eigenvalue weighted by molar-refractivity contribution is -0.126. The molecule has 2 fully saturated rings. The van der Waals surface area contributed by atoms with Crippen molar-refractivity contribution in [1.82, 2.24) is 18.8 Å². The van der Waals surface area contributed by atoms with E-state index >= 15 is 0 Å². The third kappa shape index (κ3) is 4.91. The summed E-state index contributed by atoms with van der Waals surface area (Å²) in [6.07, 6.45) is 4.73. The predicted octanol–water partition coefficient (Wildman–Crippen LogP) is 0.495. The van der Waals surface area contributed by atoms with E-state index in [0.29, 0.717) is 38.5 Å². The zero-order valence-electron chi connectivity index (χ0n) is 15.2. The minimum absolute atomic E-state index is 0.0688. The van der Waals surface area contributed by atoms with Crippen LogP contribution >= 0.6 is 0 Å². The summed E-state index contributed by atoms with van der Waals surface area (Å²) in [5.74, 6) is 0.00577. The molecule has 2 saturated heterocycles. The molecule has 1 amide bonds. The van der Waals surface area contributed by atoms with Crippen molar-refractivity contribution >= 4 is 16.1 Å². The quantitative estimate of drug-likeness (QED) is 0.717. The highest BCUT2D eigenvalue weighted by atomic mass is 32.2. The summed E-state index contributed by atoms with van der Waals surface area (Å²) in [6, 6.07) is 0.514. The van der Waals surface area contributed by atoms with E-state index in [1.165, 1.54) is 48.6 Å². The first-order chi connectivity index (χ1) is 11.3. The lowest BCUT2D eigenvalue weighted by atomic mass is 9.97. The van der Waals surface area contributed by atoms with E-state index in [1.807, 2.05) is 0 Å². The number of nitrogens with one attached hydrogen (secondary N) is 1. The molecule has 2 aliphatic rings. The van der Waals surface area contributed by atoms with Gasteiger partial charge in [-0.25, -0.2) is 0 Å². The van der Waals surface area contributed by atoms with Crippen LogP contribution in [0.15, 0.2) is 0 Å². The van der Waals surface area contributed by atoms with Crippen LogP contribution in [0.2, 0.25) is 0 Å². The lowest BCUT2D eigenvalue weighted by Crippen LogP contribution is -2.47. The fraction of sp³-hybridized carbons (Fsp3) is 0.938. The van der Waals surface area contributed by atoms with Crippen LogP contribution in [0, 0.1) is 5.92 Å². The number of piperidine rings is 1. The van der Waals surface area contributed by atoms with Crippen molar-refractivity contribution in [2.75, 3.05) is 46.8 Å². The molecule has 0 aromatic rings. The predicted molar refractivity (Wildman–Crippen MR) is 94.8 cm³/mol. The summed E-state index contributed by atoms with van der Waals surface area (Å²) in [4.78, 5) is 14.8. The van der Waals surface area contributed by atoms with Crippen LogP contribution in [0.4, 0.5) is 0 Å². The molecule has 24 heavy (non-hydrogen) atoms. The highest BCUT2D eigenvalue weighted by Crippen LogP contribution is 2.20. The third-order valence-electron chi connectivity index (χ3n) is 5.24. The first-order valence-corrected chi connectivity index (χ1v) is 10.4. The molecule has 140 valence electrons. The summed E-state index contributed by atoms with van der Waals surface area (Å²) in [7, 11) is -0.283. The van der Waals surface area contributed by atoms with Crippen molar-refractivity contribution in [2.24, 2.45) is 5.92 Å². The molecule has 0 aromatic carbocycles. The Hall–Kier alpha value is -0.700. The van der Waals surface area contributed by atoms with Gasteiger partial charge in [-0.2, -0.15) is 17.0 Å². The van der Waals surface area contributed by atoms with Gasteiger partial charge < -0.3 is 10.2 Å². The second-order valence-corrected chi connectivity index (χ2v) is 9.28. The smallest absolute Gasteiger partial charge is 0.281 e. The van der Waals surface area contributed by atoms with Crippen LogP contribution in [0.3, 0.4) is 0 Å². The molecular weight excluding hydrogens is 328 g/mol. The molecule has 0 radical (unpaired) electrons. The molecule has 2 aliphatic heterocycles. The van der Waals surface area contributed by atoms with Gasteiger partial charge in [-0.15, -0.1) is 0 Å². The first-order valence-electron chi connectivity index (χ1n) is 9.01. The number of hydrogen-bond acceptors (Lipinski definition) is 4. The Morgan fingerprint density at radius 2 is 1.75 bits per heavy atom. The van der Waals surface area contributed by atoms with E-state index in [9.17, 15) is 13.2 Å². The molecule has 2 rings (SSSR count). The average Bonchev–Trinajstić information content (AvgIpc) is 3.09. The number of likely N-dealkylation sites (tertiary alicyclic amines) is 1. The summed E-state index contributed by atoms with van der Waals surface area (Å²) in [5, 5.41) is 3.04. The fourth-order valence-corrected chi connectivity index (χ4v) is 4.63. The number of rotatable bonds is 7. The zero-order valence-corrected chi connectivity index (χ0v) is 16.0. The molecule has 2 heterocycles. The number of nitrogens with zero attached hydrogens (tertiary/aromatic N) is 3. The molecule has 1 N–H and O–H groups in total. The maximum atomic E-state index is 12.3. The third-order valence-corrected chi connectivity index (χ3v) is 7.18. The highest BCUT2D eigenvalue weighted by Gasteiger charge is 2.32. The van der Waals surface area contributed by atoms with Gasteiger partial charge in [0.05, 0.1) is 0 Å². The van der Waals surface area contributed by atoms with Crippen LogP contribution < -0.4 is 5.32 Å². The molecule has 0 aliphatic carbocycles. The van der Waals surface area contributed by atoms with Crippen LogP contribution in [0.1, 0.15) is 39.0 Å². The minimum atomic E-state index is -3.36. The number of hydrogen-bond donors (Lipinski definition) is 1. The van der Waals surface area contributed by atoms with E-state index in [4.69, 9.17) is 0 Å². The Morgan fingerprint density at radius 1 is 1.17 bits per heavy atom. The number of carbonyl (C=O) groups is 1. The largest absolute Gasteiger partial charge is 0.356 e. The topological polar surface area (TPSA) is 73.0 Å². The molecule has 1 atom stereocenters. The Balaban J connectivity index is 1.69. The maximum Gasteiger partial charge on any atom is 0.281 e. The monoisotopic (exact) mass is 360 g/mol. The molecule has 0 bridgehead atoms. The van der Waals surface area contributed by atoms with Crippen molar-refractivity contribution < 1.29 is 13.2 Å². The van der Waals surface area contributed by atoms with Gasteiger partial charge in [0.2, 0.25) is 5.91 Å². The molecule has 7 nitrogen and oxygen atoms in total. The van der Waals surface area contributed by atoms with Crippen molar-refractivity contribution in [3.05, 3.63) is 0 Å². The second-order valence-electron chi connectivity index (χ2n) is 7.14. The van der Waals surface area contributed by atoms with Gasteiger partial charge in [0.1, 0.15) is 0 Å². The van der Waals surface area contributed by atoms with Gasteiger partial charge in [0, 0.05) is 45.7 Å². The second kappa shape index (κ2) is 8.60. The SMILES string of the molecule is C[C@H](CCNC(=O)C1CCN(S(=O)(=O)N(C)C)CC1)N1CCCC1. The Morgan fingerprint density at radius 3 is 2.29 bits per heavy atom. The molecular formula is C16H32N4O3S. The fourth-order valence-electron chi connectivity index (χ4n) is 3.49. The summed E-state index contributed by atoms with van der Waals surface area (Å²) in [6.45, 7) is 6.11. The van der Waals surface area contributed by atoms with Gasteiger partial charge in [-0.05, 0) is 52.1 Å². The van der Waals surface area contributed by atoms with Gasteiger partial charge in [0.15, 0.2) is 0 Å². The molecule has 0 unspecified atom stereocenters. The van der Waals surface area contributed by atoms with Crippen LogP contribution in [0.25, 0.3) is 0 Å². The van der Waals surface area contributed by atoms with E-state index in [0.717, 1.165) is 6.42 Å². The summed E-state index contributed by atoms with van der Waals surface area (Å²) in [5.41, 5.74) is 0. The van der Waals surface area contributed by atoms with Crippen LogP contribution in [-0.2, 0) is 15.0 Å². The molecule has 8 heteroatoms. The zero-order chi connectivity index (χ0) is 17.7. The Labute approximate surface area is 146 Å². The molecule has 0 spiro atoms.